The second-order valence-corrected chi connectivity index (χ2v) is 8.19. The van der Waals surface area contributed by atoms with E-state index in [9.17, 15) is 13.2 Å². The van der Waals surface area contributed by atoms with Crippen molar-refractivity contribution in [2.24, 2.45) is 5.92 Å². The molecule has 0 aromatic heterocycles. The van der Waals surface area contributed by atoms with Crippen molar-refractivity contribution >= 4 is 31.6 Å². The van der Waals surface area contributed by atoms with Crippen LogP contribution in [-0.4, -0.2) is 19.5 Å². The van der Waals surface area contributed by atoms with Gasteiger partial charge in [0.05, 0.1) is 10.1 Å². The Morgan fingerprint density at radius 1 is 1.00 bits per heavy atom. The topological polar surface area (TPSA) is 51.2 Å². The molecule has 2 atom stereocenters. The molecule has 108 valence electrons. The molecular weight excluding hydrogens is 352 g/mol. The van der Waals surface area contributed by atoms with E-state index in [4.69, 9.17) is 0 Å². The van der Waals surface area contributed by atoms with Gasteiger partial charge in [0, 0.05) is 16.0 Å². The van der Waals surface area contributed by atoms with E-state index in [-0.39, 0.29) is 10.7 Å². The van der Waals surface area contributed by atoms with Crippen LogP contribution in [0.4, 0.5) is 0 Å². The van der Waals surface area contributed by atoms with Crippen molar-refractivity contribution < 1.29 is 13.2 Å². The van der Waals surface area contributed by atoms with Gasteiger partial charge in [0.15, 0.2) is 15.6 Å². The van der Waals surface area contributed by atoms with Crippen LogP contribution in [0.3, 0.4) is 0 Å². The number of hydrogen-bond donors (Lipinski definition) is 0. The lowest BCUT2D eigenvalue weighted by Crippen LogP contribution is -2.13. The Hall–Kier alpha value is -1.46. The average molecular weight is 365 g/mol. The second-order valence-electron chi connectivity index (χ2n) is 5.11. The molecule has 3 nitrogen and oxygen atoms in total. The predicted octanol–water partition coefficient (Wildman–Crippen LogP) is 3.49. The van der Waals surface area contributed by atoms with Crippen molar-refractivity contribution in [3.63, 3.8) is 0 Å². The Bertz CT molecular complexity index is 767. The van der Waals surface area contributed by atoms with Gasteiger partial charge in [-0.25, -0.2) is 8.42 Å². The summed E-state index contributed by atoms with van der Waals surface area (Å²) in [5, 5.41) is -0.591. The third-order valence-corrected chi connectivity index (χ3v) is 6.44. The van der Waals surface area contributed by atoms with Crippen molar-refractivity contribution in [2.75, 3.05) is 0 Å². The van der Waals surface area contributed by atoms with E-state index < -0.39 is 21.0 Å². The summed E-state index contributed by atoms with van der Waals surface area (Å²) in [6.07, 6.45) is 0.409. The molecule has 0 radical (unpaired) electrons. The number of carbonyl (C=O) groups excluding carboxylic acids is 1. The summed E-state index contributed by atoms with van der Waals surface area (Å²) in [5.74, 6) is -0.498. The standard InChI is InChI=1S/C16H13BrO3S/c17-12-6-8-13(9-7-12)21(19,20)15-10-14(15)16(18)11-4-2-1-3-5-11/h1-9,14-15H,10H2/t14-,15-/m1/s1. The highest BCUT2D eigenvalue weighted by Gasteiger charge is 2.51. The molecule has 0 heterocycles. The van der Waals surface area contributed by atoms with E-state index in [1.165, 1.54) is 0 Å². The first-order chi connectivity index (χ1) is 10.00. The Kier molecular flexibility index (Phi) is 3.71. The minimum Gasteiger partial charge on any atom is -0.294 e. The maximum absolute atomic E-state index is 12.5. The Labute approximate surface area is 132 Å². The third-order valence-electron chi connectivity index (χ3n) is 3.67. The maximum atomic E-state index is 12.5. The van der Waals surface area contributed by atoms with Crippen LogP contribution in [0.1, 0.15) is 16.8 Å². The summed E-state index contributed by atoms with van der Waals surface area (Å²) in [6, 6.07) is 15.4. The van der Waals surface area contributed by atoms with E-state index >= 15 is 0 Å². The zero-order valence-corrected chi connectivity index (χ0v) is 13.5. The lowest BCUT2D eigenvalue weighted by atomic mass is 10.1. The predicted molar refractivity (Wildman–Crippen MR) is 84.0 cm³/mol. The van der Waals surface area contributed by atoms with E-state index in [1.54, 1.807) is 48.5 Å². The number of halogens is 1. The van der Waals surface area contributed by atoms with Gasteiger partial charge in [-0.2, -0.15) is 0 Å². The van der Waals surface area contributed by atoms with E-state index in [1.807, 2.05) is 6.07 Å². The summed E-state index contributed by atoms with van der Waals surface area (Å²) in [7, 11) is -3.43. The Balaban J connectivity index is 1.81. The van der Waals surface area contributed by atoms with Crippen LogP contribution in [0.25, 0.3) is 0 Å². The first-order valence-electron chi connectivity index (χ1n) is 6.59. The molecule has 0 spiro atoms. The van der Waals surface area contributed by atoms with Gasteiger partial charge < -0.3 is 0 Å². The van der Waals surface area contributed by atoms with Gasteiger partial charge in [0.2, 0.25) is 0 Å². The number of carbonyl (C=O) groups is 1. The highest BCUT2D eigenvalue weighted by atomic mass is 79.9. The summed E-state index contributed by atoms with van der Waals surface area (Å²) in [5.41, 5.74) is 0.580. The Morgan fingerprint density at radius 2 is 1.62 bits per heavy atom. The summed E-state index contributed by atoms with van der Waals surface area (Å²) in [6.45, 7) is 0. The molecule has 1 aliphatic rings. The second kappa shape index (κ2) is 5.39. The molecule has 5 heteroatoms. The summed E-state index contributed by atoms with van der Waals surface area (Å²) < 4.78 is 25.8. The molecule has 2 aromatic rings. The molecule has 3 rings (SSSR count). The minimum absolute atomic E-state index is 0.0821. The first kappa shape index (κ1) is 14.5. The molecule has 0 saturated heterocycles. The van der Waals surface area contributed by atoms with Crippen molar-refractivity contribution in [1.29, 1.82) is 0 Å². The quantitative estimate of drug-likeness (QED) is 0.780. The van der Waals surface area contributed by atoms with Crippen LogP contribution in [0.5, 0.6) is 0 Å². The number of benzene rings is 2. The Morgan fingerprint density at radius 3 is 2.24 bits per heavy atom. The zero-order valence-electron chi connectivity index (χ0n) is 11.1. The average Bonchev–Trinajstić information content (AvgIpc) is 3.29. The van der Waals surface area contributed by atoms with Gasteiger partial charge in [-0.05, 0) is 30.7 Å². The van der Waals surface area contributed by atoms with Gasteiger partial charge in [-0.1, -0.05) is 46.3 Å². The third kappa shape index (κ3) is 2.80. The first-order valence-corrected chi connectivity index (χ1v) is 8.93. The lowest BCUT2D eigenvalue weighted by molar-refractivity contribution is 0.0968. The fourth-order valence-corrected chi connectivity index (χ4v) is 4.55. The molecule has 0 unspecified atom stereocenters. The van der Waals surface area contributed by atoms with Gasteiger partial charge in [-0.3, -0.25) is 4.79 Å². The smallest absolute Gasteiger partial charge is 0.181 e. The maximum Gasteiger partial charge on any atom is 0.181 e. The minimum atomic E-state index is -3.43. The number of Topliss-reactive ketones (excluding diaryl/α,β-unsaturated/α-hetero) is 1. The lowest BCUT2D eigenvalue weighted by Gasteiger charge is -2.04. The SMILES string of the molecule is O=C(c1ccccc1)[C@@H]1C[C@H]1S(=O)(=O)c1ccc(Br)cc1. The van der Waals surface area contributed by atoms with Gasteiger partial charge in [-0.15, -0.1) is 0 Å². The van der Waals surface area contributed by atoms with Crippen molar-refractivity contribution in [3.8, 4) is 0 Å². The van der Waals surface area contributed by atoms with Crippen LogP contribution >= 0.6 is 15.9 Å². The highest BCUT2D eigenvalue weighted by molar-refractivity contribution is 9.10. The summed E-state index contributed by atoms with van der Waals surface area (Å²) >= 11 is 3.28. The van der Waals surface area contributed by atoms with Gasteiger partial charge >= 0.3 is 0 Å². The number of ketones is 1. The molecule has 1 fully saturated rings. The van der Waals surface area contributed by atoms with Crippen molar-refractivity contribution in [2.45, 2.75) is 16.6 Å². The molecule has 0 N–H and O–H groups in total. The fourth-order valence-electron chi connectivity index (χ4n) is 2.41. The molecule has 0 bridgehead atoms. The van der Waals surface area contributed by atoms with E-state index in [0.29, 0.717) is 12.0 Å². The molecular formula is C16H13BrO3S. The van der Waals surface area contributed by atoms with Crippen molar-refractivity contribution in [3.05, 3.63) is 64.6 Å². The van der Waals surface area contributed by atoms with Crippen LogP contribution in [0, 0.1) is 5.92 Å². The molecule has 0 amide bonds. The number of rotatable bonds is 4. The normalized spacial score (nSPS) is 21.0. The zero-order chi connectivity index (χ0) is 15.0. The number of hydrogen-bond acceptors (Lipinski definition) is 3. The molecule has 0 aliphatic heterocycles. The van der Waals surface area contributed by atoms with Crippen LogP contribution < -0.4 is 0 Å². The van der Waals surface area contributed by atoms with Crippen LogP contribution in [0.15, 0.2) is 64.0 Å². The van der Waals surface area contributed by atoms with Gasteiger partial charge in [0.1, 0.15) is 0 Å². The highest BCUT2D eigenvalue weighted by Crippen LogP contribution is 2.42. The molecule has 21 heavy (non-hydrogen) atoms. The molecule has 1 saturated carbocycles. The van der Waals surface area contributed by atoms with Gasteiger partial charge in [0.25, 0.3) is 0 Å². The largest absolute Gasteiger partial charge is 0.294 e. The monoisotopic (exact) mass is 364 g/mol. The molecule has 1 aliphatic carbocycles. The van der Waals surface area contributed by atoms with E-state index in [2.05, 4.69) is 15.9 Å². The van der Waals surface area contributed by atoms with Crippen LogP contribution in [-0.2, 0) is 9.84 Å². The number of sulfone groups is 1. The van der Waals surface area contributed by atoms with Crippen LogP contribution in [0.2, 0.25) is 0 Å². The van der Waals surface area contributed by atoms with Crippen molar-refractivity contribution in [1.82, 2.24) is 0 Å². The van der Waals surface area contributed by atoms with E-state index in [0.717, 1.165) is 4.47 Å². The molecule has 2 aromatic carbocycles. The summed E-state index contributed by atoms with van der Waals surface area (Å²) in [4.78, 5) is 12.6. The fraction of sp³-hybridized carbons (Fsp3) is 0.188.